The lowest BCUT2D eigenvalue weighted by Gasteiger charge is -1.89. The molecule has 1 rings (SSSR count). The van der Waals surface area contributed by atoms with Crippen LogP contribution in [0.3, 0.4) is 0 Å². The van der Waals surface area contributed by atoms with E-state index in [0.29, 0.717) is 12.0 Å². The van der Waals surface area contributed by atoms with Gasteiger partial charge in [-0.3, -0.25) is 0 Å². The van der Waals surface area contributed by atoms with Gasteiger partial charge in [0.1, 0.15) is 6.33 Å². The van der Waals surface area contributed by atoms with Crippen molar-refractivity contribution in [2.24, 2.45) is 0 Å². The molecule has 0 fully saturated rings. The Balaban J connectivity index is 2.85. The van der Waals surface area contributed by atoms with Crippen LogP contribution in [0.2, 0.25) is 0 Å². The molecule has 0 atom stereocenters. The maximum Gasteiger partial charge on any atom is 0.115 e. The summed E-state index contributed by atoms with van der Waals surface area (Å²) in [6.07, 6.45) is 5.06. The molecule has 3 nitrogen and oxygen atoms in total. The maximum absolute atomic E-state index is 9.86. The molecule has 46 valence electrons. The van der Waals surface area contributed by atoms with Gasteiger partial charge in [0.2, 0.25) is 0 Å². The zero-order chi connectivity index (χ0) is 6.53. The van der Waals surface area contributed by atoms with E-state index in [4.69, 9.17) is 0 Å². The number of hydrogen-bond donors (Lipinski definition) is 0. The van der Waals surface area contributed by atoms with Crippen molar-refractivity contribution in [2.45, 2.75) is 0 Å². The molecule has 9 heavy (non-hydrogen) atoms. The second kappa shape index (κ2) is 2.81. The van der Waals surface area contributed by atoms with E-state index >= 15 is 0 Å². The van der Waals surface area contributed by atoms with Crippen LogP contribution in [0.5, 0.6) is 0 Å². The lowest BCUT2D eigenvalue weighted by molar-refractivity contribution is -0.273. The minimum atomic E-state index is 0.639. The van der Waals surface area contributed by atoms with Crippen LogP contribution in [0.25, 0.3) is 6.08 Å². The fourth-order valence-corrected chi connectivity index (χ4v) is 0.469. The van der Waals surface area contributed by atoms with Crippen molar-refractivity contribution in [3.05, 3.63) is 30.5 Å². The molecule has 0 bridgehead atoms. The first-order valence-corrected chi connectivity index (χ1v) is 2.48. The van der Waals surface area contributed by atoms with Gasteiger partial charge in [0.25, 0.3) is 0 Å². The van der Waals surface area contributed by atoms with E-state index in [1.807, 2.05) is 0 Å². The first-order valence-electron chi connectivity index (χ1n) is 2.48. The molecule has 1 aromatic heterocycles. The monoisotopic (exact) mass is 121 g/mol. The summed E-state index contributed by atoms with van der Waals surface area (Å²) in [6, 6.07) is 1.66. The predicted molar refractivity (Wildman–Crippen MR) is 31.1 cm³/mol. The molecule has 1 heterocycles. The molecular weight excluding hydrogens is 116 g/mol. The van der Waals surface area contributed by atoms with E-state index in [1.165, 1.54) is 12.4 Å². The van der Waals surface area contributed by atoms with Crippen molar-refractivity contribution < 1.29 is 5.11 Å². The van der Waals surface area contributed by atoms with Gasteiger partial charge in [-0.05, 0) is 6.07 Å². The lowest BCUT2D eigenvalue weighted by Crippen LogP contribution is -1.86. The molecule has 0 aromatic carbocycles. The zero-order valence-corrected chi connectivity index (χ0v) is 4.69. The van der Waals surface area contributed by atoms with Crippen LogP contribution in [0, 0.1) is 0 Å². The topological polar surface area (TPSA) is 48.8 Å². The van der Waals surface area contributed by atoms with E-state index in [2.05, 4.69) is 9.97 Å². The summed E-state index contributed by atoms with van der Waals surface area (Å²) in [5, 5.41) is 9.86. The highest BCUT2D eigenvalue weighted by molar-refractivity contribution is 5.40. The fraction of sp³-hybridized carbons (Fsp3) is 0. The maximum atomic E-state index is 9.86. The smallest absolute Gasteiger partial charge is 0.115 e. The summed E-state index contributed by atoms with van der Waals surface area (Å²) in [5.74, 6) is 0. The van der Waals surface area contributed by atoms with Gasteiger partial charge in [-0.25, -0.2) is 9.97 Å². The molecule has 0 radical (unpaired) electrons. The molecule has 0 spiro atoms. The number of rotatable bonds is 1. The van der Waals surface area contributed by atoms with Crippen LogP contribution < -0.4 is 5.11 Å². The van der Waals surface area contributed by atoms with E-state index in [0.717, 1.165) is 0 Å². The molecule has 0 saturated carbocycles. The third-order valence-electron chi connectivity index (χ3n) is 0.844. The average Bonchev–Trinajstić information content (AvgIpc) is 1.91. The molecule has 0 unspecified atom stereocenters. The van der Waals surface area contributed by atoms with Crippen LogP contribution in [-0.4, -0.2) is 9.97 Å². The van der Waals surface area contributed by atoms with Crippen molar-refractivity contribution in [1.82, 2.24) is 9.97 Å². The third kappa shape index (κ3) is 1.53. The number of aromatic nitrogens is 2. The molecule has 0 saturated heterocycles. The Bertz CT molecular complexity index is 195. The van der Waals surface area contributed by atoms with Crippen molar-refractivity contribution >= 4 is 6.08 Å². The molecule has 0 amide bonds. The Labute approximate surface area is 52.7 Å². The quantitative estimate of drug-likeness (QED) is 0.484. The van der Waals surface area contributed by atoms with Crippen molar-refractivity contribution in [2.75, 3.05) is 0 Å². The summed E-state index contributed by atoms with van der Waals surface area (Å²) in [7, 11) is 0. The molecule has 0 aliphatic carbocycles. The minimum Gasteiger partial charge on any atom is -0.878 e. The van der Waals surface area contributed by atoms with E-state index in [1.54, 1.807) is 12.3 Å². The largest absolute Gasteiger partial charge is 0.878 e. The van der Waals surface area contributed by atoms with Crippen LogP contribution in [-0.2, 0) is 0 Å². The zero-order valence-electron chi connectivity index (χ0n) is 4.69. The van der Waals surface area contributed by atoms with Gasteiger partial charge in [0.15, 0.2) is 0 Å². The summed E-state index contributed by atoms with van der Waals surface area (Å²) in [4.78, 5) is 7.45. The van der Waals surface area contributed by atoms with Crippen molar-refractivity contribution in [1.29, 1.82) is 0 Å². The standard InChI is InChI=1S/C6H6N2O/c9-4-2-6-1-3-7-5-8-6/h1-5,9H/p-1/b4-2-. The molecule has 0 N–H and O–H groups in total. The average molecular weight is 121 g/mol. The van der Waals surface area contributed by atoms with E-state index < -0.39 is 0 Å². The van der Waals surface area contributed by atoms with Gasteiger partial charge in [-0.15, -0.1) is 6.26 Å². The number of hydrogen-bond acceptors (Lipinski definition) is 3. The first-order chi connectivity index (χ1) is 4.43. The SMILES string of the molecule is [O-]/C=C\c1ccncn1. The first kappa shape index (κ1) is 5.75. The second-order valence-electron chi connectivity index (χ2n) is 1.44. The highest BCUT2D eigenvalue weighted by Crippen LogP contribution is 1.90. The number of nitrogens with zero attached hydrogens (tertiary/aromatic N) is 2. The van der Waals surface area contributed by atoms with Crippen molar-refractivity contribution in [3.8, 4) is 0 Å². The molecular formula is C6H5N2O-. The van der Waals surface area contributed by atoms with Gasteiger partial charge in [0.05, 0.1) is 5.69 Å². The van der Waals surface area contributed by atoms with Gasteiger partial charge in [-0.1, -0.05) is 6.08 Å². The molecule has 0 aliphatic heterocycles. The van der Waals surface area contributed by atoms with Crippen LogP contribution in [0.15, 0.2) is 24.9 Å². The predicted octanol–water partition coefficient (Wildman–Crippen LogP) is -0.192. The Kier molecular flexibility index (Phi) is 1.80. The normalized spacial score (nSPS) is 10.2. The molecule has 3 heteroatoms. The highest BCUT2D eigenvalue weighted by atomic mass is 16.2. The van der Waals surface area contributed by atoms with Gasteiger partial charge in [0, 0.05) is 6.20 Å². The third-order valence-corrected chi connectivity index (χ3v) is 0.844. The lowest BCUT2D eigenvalue weighted by atomic mass is 10.4. The minimum absolute atomic E-state index is 0.639. The summed E-state index contributed by atoms with van der Waals surface area (Å²) in [5.41, 5.74) is 0.639. The van der Waals surface area contributed by atoms with Crippen molar-refractivity contribution in [3.63, 3.8) is 0 Å². The Morgan fingerprint density at radius 2 is 2.44 bits per heavy atom. The molecule has 1 aromatic rings. The summed E-state index contributed by atoms with van der Waals surface area (Å²) >= 11 is 0. The van der Waals surface area contributed by atoms with Crippen LogP contribution >= 0.6 is 0 Å². The Hall–Kier alpha value is -1.38. The van der Waals surface area contributed by atoms with E-state index in [9.17, 15) is 5.11 Å². The van der Waals surface area contributed by atoms with Crippen LogP contribution in [0.4, 0.5) is 0 Å². The molecule has 0 aliphatic rings. The second-order valence-corrected chi connectivity index (χ2v) is 1.44. The van der Waals surface area contributed by atoms with Gasteiger partial charge < -0.3 is 5.11 Å². The highest BCUT2D eigenvalue weighted by Gasteiger charge is 1.78. The summed E-state index contributed by atoms with van der Waals surface area (Å²) < 4.78 is 0. The van der Waals surface area contributed by atoms with Gasteiger partial charge in [-0.2, -0.15) is 0 Å². The van der Waals surface area contributed by atoms with Gasteiger partial charge >= 0.3 is 0 Å². The Morgan fingerprint density at radius 1 is 1.56 bits per heavy atom. The van der Waals surface area contributed by atoms with E-state index in [-0.39, 0.29) is 0 Å². The fourth-order valence-electron chi connectivity index (χ4n) is 0.469. The van der Waals surface area contributed by atoms with Crippen LogP contribution in [0.1, 0.15) is 5.69 Å². The Morgan fingerprint density at radius 3 is 3.00 bits per heavy atom. The summed E-state index contributed by atoms with van der Waals surface area (Å²) in [6.45, 7) is 0.